The molecule has 14 heavy (non-hydrogen) atoms. The maximum atomic E-state index is 11.8. The molecule has 3 heteroatoms. The van der Waals surface area contributed by atoms with Crippen molar-refractivity contribution in [1.29, 1.82) is 5.26 Å². The predicted octanol–water partition coefficient (Wildman–Crippen LogP) is 2.04. The van der Waals surface area contributed by atoms with Crippen molar-refractivity contribution >= 4 is 5.91 Å². The van der Waals surface area contributed by atoms with Crippen LogP contribution in [-0.4, -0.2) is 24.4 Å². The third-order valence-corrected chi connectivity index (χ3v) is 1.87. The van der Waals surface area contributed by atoms with Crippen molar-refractivity contribution in [3.63, 3.8) is 0 Å². The summed E-state index contributed by atoms with van der Waals surface area (Å²) in [5, 5.41) is 8.81. The van der Waals surface area contributed by atoms with Crippen molar-refractivity contribution in [2.24, 2.45) is 10.8 Å². The molecule has 0 unspecified atom stereocenters. The van der Waals surface area contributed by atoms with Crippen LogP contribution in [0.25, 0.3) is 0 Å². The first-order chi connectivity index (χ1) is 6.10. The summed E-state index contributed by atoms with van der Waals surface area (Å²) in [4.78, 5) is 13.4. The largest absolute Gasteiger partial charge is 0.344 e. The number of carbonyl (C=O) groups is 1. The van der Waals surface area contributed by atoms with E-state index >= 15 is 0 Å². The lowest BCUT2D eigenvalue weighted by atomic mass is 9.91. The van der Waals surface area contributed by atoms with Crippen molar-refractivity contribution in [3.05, 3.63) is 0 Å². The second-order valence-electron chi connectivity index (χ2n) is 5.46. The first-order valence-corrected chi connectivity index (χ1v) is 4.77. The number of nitriles is 1. The summed E-state index contributed by atoms with van der Waals surface area (Å²) in [6.07, 6.45) is 0. The van der Waals surface area contributed by atoms with E-state index in [1.54, 1.807) is 25.8 Å². The molecule has 0 aromatic heterocycles. The van der Waals surface area contributed by atoms with Gasteiger partial charge in [-0.15, -0.1) is 0 Å². The standard InChI is InChI=1S/C11H20N2O/c1-10(2,3)8-13(6)9(14)11(4,5)7-12/h8H2,1-6H3. The molecule has 1 amide bonds. The number of carbonyl (C=O) groups excluding carboxylic acids is 1. The van der Waals surface area contributed by atoms with Crippen molar-refractivity contribution < 1.29 is 4.79 Å². The molecule has 0 atom stereocenters. The fraction of sp³-hybridized carbons (Fsp3) is 0.818. The molecule has 0 heterocycles. The molecule has 0 spiro atoms. The summed E-state index contributed by atoms with van der Waals surface area (Å²) in [5.74, 6) is -0.116. The number of rotatable bonds is 2. The van der Waals surface area contributed by atoms with E-state index in [0.717, 1.165) is 0 Å². The van der Waals surface area contributed by atoms with Crippen LogP contribution in [0.3, 0.4) is 0 Å². The molecular formula is C11H20N2O. The maximum Gasteiger partial charge on any atom is 0.242 e. The number of hydrogen-bond donors (Lipinski definition) is 0. The highest BCUT2D eigenvalue weighted by atomic mass is 16.2. The van der Waals surface area contributed by atoms with Crippen molar-refractivity contribution in [1.82, 2.24) is 4.90 Å². The SMILES string of the molecule is CN(CC(C)(C)C)C(=O)C(C)(C)C#N. The lowest BCUT2D eigenvalue weighted by molar-refractivity contribution is -0.137. The average Bonchev–Trinajstić information content (AvgIpc) is 2.00. The average molecular weight is 196 g/mol. The second-order valence-corrected chi connectivity index (χ2v) is 5.46. The van der Waals surface area contributed by atoms with Crippen LogP contribution in [0, 0.1) is 22.2 Å². The van der Waals surface area contributed by atoms with Gasteiger partial charge in [0.05, 0.1) is 6.07 Å². The van der Waals surface area contributed by atoms with Gasteiger partial charge in [-0.05, 0) is 19.3 Å². The molecule has 0 N–H and O–H groups in total. The van der Waals surface area contributed by atoms with Crippen LogP contribution in [0.15, 0.2) is 0 Å². The summed E-state index contributed by atoms with van der Waals surface area (Å²) in [6, 6.07) is 2.02. The Bertz CT molecular complexity index is 255. The molecule has 0 radical (unpaired) electrons. The number of amides is 1. The summed E-state index contributed by atoms with van der Waals surface area (Å²) < 4.78 is 0. The molecule has 0 rings (SSSR count). The van der Waals surface area contributed by atoms with Gasteiger partial charge < -0.3 is 4.90 Å². The van der Waals surface area contributed by atoms with Gasteiger partial charge in [-0.25, -0.2) is 0 Å². The third-order valence-electron chi connectivity index (χ3n) is 1.87. The summed E-state index contributed by atoms with van der Waals surface area (Å²) >= 11 is 0. The quantitative estimate of drug-likeness (QED) is 0.678. The minimum Gasteiger partial charge on any atom is -0.344 e. The molecule has 0 fully saturated rings. The summed E-state index contributed by atoms with van der Waals surface area (Å²) in [5.41, 5.74) is -0.851. The van der Waals surface area contributed by atoms with Gasteiger partial charge in [-0.2, -0.15) is 5.26 Å². The molecule has 0 saturated heterocycles. The highest BCUT2D eigenvalue weighted by molar-refractivity contribution is 5.84. The zero-order valence-electron chi connectivity index (χ0n) is 10.0. The molecule has 0 aliphatic carbocycles. The fourth-order valence-corrected chi connectivity index (χ4v) is 1.31. The van der Waals surface area contributed by atoms with E-state index in [-0.39, 0.29) is 11.3 Å². The van der Waals surface area contributed by atoms with Gasteiger partial charge in [0.1, 0.15) is 5.41 Å². The van der Waals surface area contributed by atoms with Gasteiger partial charge in [0.25, 0.3) is 0 Å². The Kier molecular flexibility index (Phi) is 3.70. The Morgan fingerprint density at radius 1 is 1.29 bits per heavy atom. The van der Waals surface area contributed by atoms with E-state index < -0.39 is 5.41 Å². The first kappa shape index (κ1) is 13.0. The van der Waals surface area contributed by atoms with Crippen LogP contribution in [0.5, 0.6) is 0 Å². The van der Waals surface area contributed by atoms with E-state index in [0.29, 0.717) is 6.54 Å². The van der Waals surface area contributed by atoms with Gasteiger partial charge in [0.15, 0.2) is 0 Å². The third kappa shape index (κ3) is 3.78. The molecular weight excluding hydrogens is 176 g/mol. The second kappa shape index (κ2) is 4.00. The van der Waals surface area contributed by atoms with Crippen LogP contribution in [0.2, 0.25) is 0 Å². The molecule has 0 aliphatic rings. The lowest BCUT2D eigenvalue weighted by Gasteiger charge is -2.30. The van der Waals surface area contributed by atoms with Gasteiger partial charge in [-0.1, -0.05) is 20.8 Å². The monoisotopic (exact) mass is 196 g/mol. The van der Waals surface area contributed by atoms with Crippen LogP contribution < -0.4 is 0 Å². The molecule has 0 aromatic carbocycles. The molecule has 3 nitrogen and oxygen atoms in total. The topological polar surface area (TPSA) is 44.1 Å². The molecule has 0 aliphatic heterocycles. The van der Waals surface area contributed by atoms with Crippen molar-refractivity contribution in [3.8, 4) is 6.07 Å². The minimum absolute atomic E-state index is 0.0654. The Hall–Kier alpha value is -1.04. The zero-order chi connectivity index (χ0) is 11.6. The zero-order valence-corrected chi connectivity index (χ0v) is 10.0. The Balaban J connectivity index is 4.51. The summed E-state index contributed by atoms with van der Waals surface area (Å²) in [7, 11) is 1.74. The molecule has 0 aromatic rings. The first-order valence-electron chi connectivity index (χ1n) is 4.77. The number of hydrogen-bond acceptors (Lipinski definition) is 2. The van der Waals surface area contributed by atoms with E-state index in [1.807, 2.05) is 6.07 Å². The predicted molar refractivity (Wildman–Crippen MR) is 56.5 cm³/mol. The van der Waals surface area contributed by atoms with E-state index in [9.17, 15) is 4.79 Å². The summed E-state index contributed by atoms with van der Waals surface area (Å²) in [6.45, 7) is 10.2. The van der Waals surface area contributed by atoms with Crippen LogP contribution >= 0.6 is 0 Å². The van der Waals surface area contributed by atoms with Crippen LogP contribution in [0.4, 0.5) is 0 Å². The molecule has 80 valence electrons. The van der Waals surface area contributed by atoms with Crippen molar-refractivity contribution in [2.75, 3.05) is 13.6 Å². The lowest BCUT2D eigenvalue weighted by Crippen LogP contribution is -2.41. The fourth-order valence-electron chi connectivity index (χ4n) is 1.31. The number of nitrogens with zero attached hydrogens (tertiary/aromatic N) is 2. The Labute approximate surface area is 86.7 Å². The smallest absolute Gasteiger partial charge is 0.242 e. The Morgan fingerprint density at radius 3 is 2.00 bits per heavy atom. The van der Waals surface area contributed by atoms with Gasteiger partial charge in [0, 0.05) is 13.6 Å². The van der Waals surface area contributed by atoms with E-state index in [2.05, 4.69) is 20.8 Å². The molecule has 0 saturated carbocycles. The van der Waals surface area contributed by atoms with Gasteiger partial charge >= 0.3 is 0 Å². The highest BCUT2D eigenvalue weighted by Gasteiger charge is 2.31. The van der Waals surface area contributed by atoms with E-state index in [1.165, 1.54) is 0 Å². The normalized spacial score (nSPS) is 12.1. The van der Waals surface area contributed by atoms with Gasteiger partial charge in [-0.3, -0.25) is 4.79 Å². The van der Waals surface area contributed by atoms with E-state index in [4.69, 9.17) is 5.26 Å². The molecule has 0 bridgehead atoms. The Morgan fingerprint density at radius 2 is 1.71 bits per heavy atom. The highest BCUT2D eigenvalue weighted by Crippen LogP contribution is 2.20. The van der Waals surface area contributed by atoms with Crippen LogP contribution in [0.1, 0.15) is 34.6 Å². The maximum absolute atomic E-state index is 11.8. The van der Waals surface area contributed by atoms with Crippen LogP contribution in [-0.2, 0) is 4.79 Å². The minimum atomic E-state index is -0.917. The van der Waals surface area contributed by atoms with Crippen molar-refractivity contribution in [2.45, 2.75) is 34.6 Å². The van der Waals surface area contributed by atoms with Gasteiger partial charge in [0.2, 0.25) is 5.91 Å².